The number of rotatable bonds is 4. The van der Waals surface area contributed by atoms with E-state index in [1.807, 2.05) is 0 Å². The van der Waals surface area contributed by atoms with E-state index in [1.165, 1.54) is 31.6 Å². The highest BCUT2D eigenvalue weighted by atomic mass is 35.5. The predicted octanol–water partition coefficient (Wildman–Crippen LogP) is 4.03. The zero-order valence-corrected chi connectivity index (χ0v) is 11.8. The first-order chi connectivity index (χ1) is 9.91. The molecule has 1 heterocycles. The van der Waals surface area contributed by atoms with Crippen LogP contribution in [0, 0.1) is 0 Å². The topological polar surface area (TPSA) is 35.0 Å². The van der Waals surface area contributed by atoms with E-state index in [0.717, 1.165) is 6.07 Å². The molecule has 2 aromatic rings. The van der Waals surface area contributed by atoms with Crippen molar-refractivity contribution in [3.05, 3.63) is 53.5 Å². The molecule has 1 aromatic heterocycles. The van der Waals surface area contributed by atoms with Crippen LogP contribution in [-0.2, 0) is 12.6 Å². The molecular formula is C14H12ClF3N2O. The summed E-state index contributed by atoms with van der Waals surface area (Å²) in [4.78, 5) is 7.83. The lowest BCUT2D eigenvalue weighted by Gasteiger charge is -2.16. The zero-order valence-electron chi connectivity index (χ0n) is 11.1. The fourth-order valence-electron chi connectivity index (χ4n) is 1.92. The number of methoxy groups -OCH3 is 1. The lowest BCUT2D eigenvalue weighted by atomic mass is 10.0. The van der Waals surface area contributed by atoms with Crippen LogP contribution in [0.15, 0.2) is 36.7 Å². The third-order valence-corrected chi connectivity index (χ3v) is 3.29. The Morgan fingerprint density at radius 1 is 1.24 bits per heavy atom. The number of benzene rings is 1. The summed E-state index contributed by atoms with van der Waals surface area (Å²) in [5.74, 6) is 0.341. The van der Waals surface area contributed by atoms with Crippen LogP contribution in [0.3, 0.4) is 0 Å². The largest absolute Gasteiger partial charge is 0.481 e. The summed E-state index contributed by atoms with van der Waals surface area (Å²) in [6.07, 6.45) is -3.01. The van der Waals surface area contributed by atoms with Gasteiger partial charge in [-0.15, -0.1) is 11.6 Å². The molecule has 0 fully saturated rings. The second-order valence-corrected chi connectivity index (χ2v) is 4.84. The fourth-order valence-corrected chi connectivity index (χ4v) is 2.27. The molecule has 1 atom stereocenters. The van der Waals surface area contributed by atoms with Crippen molar-refractivity contribution in [1.29, 1.82) is 0 Å². The molecule has 1 aromatic carbocycles. The number of hydrogen-bond donors (Lipinski definition) is 0. The van der Waals surface area contributed by atoms with Crippen molar-refractivity contribution in [3.8, 4) is 5.88 Å². The molecule has 0 aliphatic carbocycles. The number of nitrogens with zero attached hydrogens (tertiary/aromatic N) is 2. The average molecular weight is 317 g/mol. The second kappa shape index (κ2) is 6.30. The summed E-state index contributed by atoms with van der Waals surface area (Å²) in [7, 11) is 1.45. The molecule has 2 rings (SSSR count). The molecule has 0 aliphatic heterocycles. The highest BCUT2D eigenvalue weighted by molar-refractivity contribution is 6.21. The van der Waals surface area contributed by atoms with E-state index in [-0.39, 0.29) is 12.0 Å². The van der Waals surface area contributed by atoms with Gasteiger partial charge in [0.2, 0.25) is 5.88 Å². The summed E-state index contributed by atoms with van der Waals surface area (Å²) in [6.45, 7) is 0. The average Bonchev–Trinajstić information content (AvgIpc) is 2.46. The van der Waals surface area contributed by atoms with Gasteiger partial charge in [-0.1, -0.05) is 18.2 Å². The molecular weight excluding hydrogens is 305 g/mol. The summed E-state index contributed by atoms with van der Waals surface area (Å²) in [6, 6.07) is 6.81. The first-order valence-corrected chi connectivity index (χ1v) is 6.50. The molecule has 0 spiro atoms. The summed E-state index contributed by atoms with van der Waals surface area (Å²) >= 11 is 6.15. The van der Waals surface area contributed by atoms with E-state index < -0.39 is 17.1 Å². The Balaban J connectivity index is 2.26. The van der Waals surface area contributed by atoms with Crippen molar-refractivity contribution in [2.75, 3.05) is 7.11 Å². The SMILES string of the molecule is COc1cc(CC(Cl)c2ccccc2C(F)(F)F)ncn1. The molecule has 0 amide bonds. The van der Waals surface area contributed by atoms with Gasteiger partial charge in [0.15, 0.2) is 0 Å². The third-order valence-electron chi connectivity index (χ3n) is 2.90. The molecule has 112 valence electrons. The minimum Gasteiger partial charge on any atom is -0.481 e. The maximum Gasteiger partial charge on any atom is 0.416 e. The van der Waals surface area contributed by atoms with Crippen LogP contribution in [0.4, 0.5) is 13.2 Å². The van der Waals surface area contributed by atoms with Crippen LogP contribution >= 0.6 is 11.6 Å². The van der Waals surface area contributed by atoms with Crippen LogP contribution in [-0.4, -0.2) is 17.1 Å². The molecule has 0 saturated heterocycles. The smallest absolute Gasteiger partial charge is 0.416 e. The van der Waals surface area contributed by atoms with Gasteiger partial charge in [0.1, 0.15) is 6.33 Å². The van der Waals surface area contributed by atoms with Gasteiger partial charge in [-0.3, -0.25) is 0 Å². The molecule has 7 heteroatoms. The molecule has 0 bridgehead atoms. The van der Waals surface area contributed by atoms with Crippen LogP contribution in [0.2, 0.25) is 0 Å². The second-order valence-electron chi connectivity index (χ2n) is 4.31. The van der Waals surface area contributed by atoms with Gasteiger partial charge in [-0.05, 0) is 11.6 Å². The molecule has 0 aliphatic rings. The maximum absolute atomic E-state index is 13.0. The van der Waals surface area contributed by atoms with Gasteiger partial charge >= 0.3 is 6.18 Å². The van der Waals surface area contributed by atoms with E-state index in [9.17, 15) is 13.2 Å². The number of aromatic nitrogens is 2. The first kappa shape index (κ1) is 15.6. The molecule has 0 saturated carbocycles. The number of alkyl halides is 4. The van der Waals surface area contributed by atoms with E-state index in [4.69, 9.17) is 16.3 Å². The highest BCUT2D eigenvalue weighted by Crippen LogP contribution is 2.37. The van der Waals surface area contributed by atoms with Gasteiger partial charge < -0.3 is 4.74 Å². The molecule has 1 unspecified atom stereocenters. The monoisotopic (exact) mass is 316 g/mol. The predicted molar refractivity (Wildman–Crippen MR) is 72.3 cm³/mol. The normalized spacial score (nSPS) is 13.0. The quantitative estimate of drug-likeness (QED) is 0.799. The number of halogens is 4. The van der Waals surface area contributed by atoms with Gasteiger partial charge in [-0.2, -0.15) is 13.2 Å². The van der Waals surface area contributed by atoms with Gasteiger partial charge in [0.05, 0.1) is 18.1 Å². The maximum atomic E-state index is 13.0. The highest BCUT2D eigenvalue weighted by Gasteiger charge is 2.34. The standard InChI is InChI=1S/C14H12ClF3N2O/c1-21-13-7-9(19-8-20-13)6-12(15)10-4-2-3-5-11(10)14(16,17)18/h2-5,7-8,12H,6H2,1H3. The van der Waals surface area contributed by atoms with Gasteiger partial charge in [0, 0.05) is 18.2 Å². The van der Waals surface area contributed by atoms with E-state index in [2.05, 4.69) is 9.97 Å². The van der Waals surface area contributed by atoms with E-state index in [1.54, 1.807) is 6.07 Å². The third kappa shape index (κ3) is 3.85. The summed E-state index contributed by atoms with van der Waals surface area (Å²) < 4.78 is 43.8. The van der Waals surface area contributed by atoms with Gasteiger partial charge in [-0.25, -0.2) is 9.97 Å². The summed E-state index contributed by atoms with van der Waals surface area (Å²) in [5.41, 5.74) is -0.186. The van der Waals surface area contributed by atoms with E-state index >= 15 is 0 Å². The van der Waals surface area contributed by atoms with Crippen molar-refractivity contribution >= 4 is 11.6 Å². The van der Waals surface area contributed by atoms with Gasteiger partial charge in [0.25, 0.3) is 0 Å². The zero-order chi connectivity index (χ0) is 15.5. The van der Waals surface area contributed by atoms with Crippen molar-refractivity contribution < 1.29 is 17.9 Å². The lowest BCUT2D eigenvalue weighted by Crippen LogP contribution is -2.11. The Morgan fingerprint density at radius 3 is 2.62 bits per heavy atom. The van der Waals surface area contributed by atoms with Crippen LogP contribution in [0.25, 0.3) is 0 Å². The molecule has 0 N–H and O–H groups in total. The Labute approximate surface area is 124 Å². The lowest BCUT2D eigenvalue weighted by molar-refractivity contribution is -0.138. The molecule has 0 radical (unpaired) electrons. The first-order valence-electron chi connectivity index (χ1n) is 6.07. The van der Waals surface area contributed by atoms with Crippen molar-refractivity contribution in [2.24, 2.45) is 0 Å². The van der Waals surface area contributed by atoms with Crippen LogP contribution in [0.5, 0.6) is 5.88 Å². The van der Waals surface area contributed by atoms with Crippen LogP contribution < -0.4 is 4.74 Å². The summed E-state index contributed by atoms with van der Waals surface area (Å²) in [5, 5.41) is -0.845. The van der Waals surface area contributed by atoms with Crippen LogP contribution in [0.1, 0.15) is 22.2 Å². The Kier molecular flexibility index (Phi) is 4.67. The van der Waals surface area contributed by atoms with Crippen molar-refractivity contribution in [2.45, 2.75) is 18.0 Å². The van der Waals surface area contributed by atoms with Crippen molar-refractivity contribution in [3.63, 3.8) is 0 Å². The Morgan fingerprint density at radius 2 is 1.95 bits per heavy atom. The fraction of sp³-hybridized carbons (Fsp3) is 0.286. The molecule has 3 nitrogen and oxygen atoms in total. The minimum absolute atomic E-state index is 0.0317. The van der Waals surface area contributed by atoms with Crippen molar-refractivity contribution in [1.82, 2.24) is 9.97 Å². The molecule has 21 heavy (non-hydrogen) atoms. The Bertz CT molecular complexity index is 619. The number of hydrogen-bond acceptors (Lipinski definition) is 3. The minimum atomic E-state index is -4.44. The number of ether oxygens (including phenoxy) is 1. The van der Waals surface area contributed by atoms with E-state index in [0.29, 0.717) is 11.6 Å². The Hall–Kier alpha value is -1.82.